The van der Waals surface area contributed by atoms with Gasteiger partial charge in [0, 0.05) is 0 Å². The molecule has 0 saturated heterocycles. The van der Waals surface area contributed by atoms with Crippen LogP contribution in [0.15, 0.2) is 4.99 Å². The molecule has 5 heteroatoms. The predicted octanol–water partition coefficient (Wildman–Crippen LogP) is 0.143. The van der Waals surface area contributed by atoms with E-state index >= 15 is 0 Å². The fraction of sp³-hybridized carbons (Fsp3) is 0.867. The third-order valence-electron chi connectivity index (χ3n) is 3.19. The molecule has 0 aromatic rings. The molecule has 0 saturated carbocycles. The number of carbonyl (C=O) groups is 1. The number of aliphatic carboxylic acids is 1. The van der Waals surface area contributed by atoms with E-state index in [1.807, 2.05) is 0 Å². The summed E-state index contributed by atoms with van der Waals surface area (Å²) in [7, 11) is 0. The van der Waals surface area contributed by atoms with E-state index in [0.717, 1.165) is 19.3 Å². The molecule has 0 aliphatic rings. The van der Waals surface area contributed by atoms with Crippen molar-refractivity contribution in [1.82, 2.24) is 0 Å². The zero-order chi connectivity index (χ0) is 14.5. The number of unbranched alkanes of at least 4 members (excludes halogenated alkanes) is 8. The molecule has 20 heavy (non-hydrogen) atoms. The maximum atomic E-state index is 11.3. The monoisotopic (exact) mass is 403 g/mol. The minimum absolute atomic E-state index is 0. The van der Waals surface area contributed by atoms with Gasteiger partial charge in [-0.25, -0.2) is 4.79 Å². The van der Waals surface area contributed by atoms with Gasteiger partial charge in [0.25, 0.3) is 0 Å². The first-order chi connectivity index (χ1) is 9.07. The van der Waals surface area contributed by atoms with Crippen molar-refractivity contribution in [3.8, 4) is 0 Å². The van der Waals surface area contributed by atoms with E-state index in [1.54, 1.807) is 0 Å². The van der Waals surface area contributed by atoms with E-state index in [9.17, 15) is 9.90 Å². The van der Waals surface area contributed by atoms with Crippen LogP contribution in [0.5, 0.6) is 0 Å². The van der Waals surface area contributed by atoms with E-state index in [-0.39, 0.29) is 74.8 Å². The zero-order valence-electron chi connectivity index (χ0n) is 13.4. The summed E-state index contributed by atoms with van der Waals surface area (Å²) in [6.45, 7) is 3.64. The van der Waals surface area contributed by atoms with E-state index in [0.29, 0.717) is 6.42 Å². The largest absolute Gasteiger partial charge is 1.00 e. The fourth-order valence-corrected chi connectivity index (χ4v) is 1.92. The summed E-state index contributed by atoms with van der Waals surface area (Å²) in [5.41, 5.74) is 0. The van der Waals surface area contributed by atoms with Crippen molar-refractivity contribution >= 4 is 11.9 Å². The molecule has 0 heterocycles. The molecular weight excluding hydrogens is 375 g/mol. The second kappa shape index (κ2) is 16.4. The Balaban J connectivity index is 0. The molecule has 4 nitrogen and oxygen atoms in total. The number of nitrogens with zero attached hydrogens (tertiary/aromatic N) is 1. The van der Waals surface area contributed by atoms with Crippen molar-refractivity contribution < 1.29 is 83.9 Å². The van der Waals surface area contributed by atoms with Crippen LogP contribution in [-0.2, 0) is 4.79 Å². The smallest absolute Gasteiger partial charge is 0.862 e. The Morgan fingerprint density at radius 2 is 1.50 bits per heavy atom. The van der Waals surface area contributed by atoms with Crippen molar-refractivity contribution in [3.63, 3.8) is 0 Å². The summed E-state index contributed by atoms with van der Waals surface area (Å²) in [5.74, 6) is -1.32. The molecule has 112 valence electrons. The van der Waals surface area contributed by atoms with Gasteiger partial charge in [-0.3, -0.25) is 4.99 Å². The first-order valence-corrected chi connectivity index (χ1v) is 7.54. The van der Waals surface area contributed by atoms with Gasteiger partial charge in [-0.1, -0.05) is 58.3 Å². The fourth-order valence-electron chi connectivity index (χ4n) is 1.92. The Bertz CT molecular complexity index is 270. The average molecular weight is 403 g/mol. The van der Waals surface area contributed by atoms with Gasteiger partial charge in [-0.2, -0.15) is 0 Å². The van der Waals surface area contributed by atoms with Crippen molar-refractivity contribution in [2.75, 3.05) is 0 Å². The van der Waals surface area contributed by atoms with Crippen LogP contribution in [0.4, 0.5) is 0 Å². The Hall–Kier alpha value is 0.992. The van der Waals surface area contributed by atoms with Crippen molar-refractivity contribution in [3.05, 3.63) is 0 Å². The summed E-state index contributed by atoms with van der Waals surface area (Å²) >= 11 is 0. The predicted molar refractivity (Wildman–Crippen MR) is 76.4 cm³/mol. The molecule has 0 unspecified atom stereocenters. The van der Waals surface area contributed by atoms with E-state index in [2.05, 4.69) is 11.9 Å². The molecule has 0 radical (unpaired) electrons. The van der Waals surface area contributed by atoms with Crippen LogP contribution in [0.3, 0.4) is 0 Å². The number of carboxylic acid groups (broad SMARTS) is 1. The molecule has 1 atom stereocenters. The van der Waals surface area contributed by atoms with Crippen LogP contribution >= 0.6 is 0 Å². The molecule has 0 spiro atoms. The van der Waals surface area contributed by atoms with Crippen LogP contribution < -0.4 is 74.0 Å². The van der Waals surface area contributed by atoms with E-state index in [1.165, 1.54) is 45.4 Å². The molecule has 1 N–H and O–H groups in total. The number of hydrogen-bond donors (Lipinski definition) is 1. The van der Waals surface area contributed by atoms with Gasteiger partial charge in [0.1, 0.15) is 6.04 Å². The van der Waals surface area contributed by atoms with Crippen LogP contribution in [0.2, 0.25) is 0 Å². The van der Waals surface area contributed by atoms with E-state index < -0.39 is 12.0 Å². The molecule has 0 rings (SSSR count). The van der Waals surface area contributed by atoms with Gasteiger partial charge in [-0.05, 0) is 25.7 Å². The second-order valence-corrected chi connectivity index (χ2v) is 5.12. The normalized spacial score (nSPS) is 12.8. The van der Waals surface area contributed by atoms with Gasteiger partial charge in [-0.15, -0.1) is 0 Å². The SMILES string of the molecule is CCCCCCCCCCCC([O-])=N[C@@H](C)C(=O)O.[Cs+]. The third-order valence-corrected chi connectivity index (χ3v) is 3.19. The second-order valence-electron chi connectivity index (χ2n) is 5.12. The maximum Gasteiger partial charge on any atom is 1.00 e. The zero-order valence-corrected chi connectivity index (χ0v) is 19.6. The standard InChI is InChI=1S/C15H29NO3.Cs/c1-3-4-5-6-7-8-9-10-11-12-14(17)16-13(2)15(18)19;/h13H,3-12H2,1-2H3,(H,16,17)(H,18,19);/q;+1/p-1/t13-;/m0./s1. The van der Waals surface area contributed by atoms with Crippen molar-refractivity contribution in [2.24, 2.45) is 4.99 Å². The summed E-state index contributed by atoms with van der Waals surface area (Å²) in [6, 6.07) is -0.911. The number of carboxylic acids is 1. The Morgan fingerprint density at radius 3 is 1.95 bits per heavy atom. The maximum absolute atomic E-state index is 11.3. The number of hydrogen-bond acceptors (Lipinski definition) is 3. The van der Waals surface area contributed by atoms with Crippen LogP contribution in [-0.4, -0.2) is 23.0 Å². The number of aliphatic imine (C=N–C) groups is 1. The Kier molecular flexibility index (Phi) is 19.0. The van der Waals surface area contributed by atoms with Crippen LogP contribution in [0.1, 0.15) is 78.1 Å². The minimum Gasteiger partial charge on any atom is -0.862 e. The third kappa shape index (κ3) is 15.4. The summed E-state index contributed by atoms with van der Waals surface area (Å²) < 4.78 is 0. The molecule has 0 aromatic heterocycles. The average Bonchev–Trinajstić information content (AvgIpc) is 2.36. The molecule has 0 fully saturated rings. The first kappa shape index (κ1) is 23.3. The van der Waals surface area contributed by atoms with Gasteiger partial charge < -0.3 is 10.2 Å². The van der Waals surface area contributed by atoms with Gasteiger partial charge in [0.15, 0.2) is 0 Å². The molecule has 0 amide bonds. The van der Waals surface area contributed by atoms with Gasteiger partial charge in [0.2, 0.25) is 0 Å². The quantitative estimate of drug-likeness (QED) is 0.286. The summed E-state index contributed by atoms with van der Waals surface area (Å²) in [5, 5.41) is 20.0. The van der Waals surface area contributed by atoms with E-state index in [4.69, 9.17) is 5.11 Å². The number of rotatable bonds is 12. The van der Waals surface area contributed by atoms with Crippen molar-refractivity contribution in [2.45, 2.75) is 84.1 Å². The van der Waals surface area contributed by atoms with Gasteiger partial charge in [0.05, 0.1) is 0 Å². The summed E-state index contributed by atoms with van der Waals surface area (Å²) in [6.07, 6.45) is 11.2. The summed E-state index contributed by atoms with van der Waals surface area (Å²) in [4.78, 5) is 14.1. The molecule has 0 aliphatic carbocycles. The Labute approximate surface area is 182 Å². The molecule has 0 aliphatic heterocycles. The molecule has 0 bridgehead atoms. The topological polar surface area (TPSA) is 72.7 Å². The molecular formula is C15H28CsNO3. The van der Waals surface area contributed by atoms with Crippen LogP contribution in [0.25, 0.3) is 0 Å². The Morgan fingerprint density at radius 1 is 1.05 bits per heavy atom. The van der Waals surface area contributed by atoms with Gasteiger partial charge >= 0.3 is 74.9 Å². The minimum atomic E-state index is -1.04. The van der Waals surface area contributed by atoms with Crippen LogP contribution in [0, 0.1) is 0 Å². The first-order valence-electron chi connectivity index (χ1n) is 7.54. The molecule has 0 aromatic carbocycles. The van der Waals surface area contributed by atoms with Crippen molar-refractivity contribution in [1.29, 1.82) is 0 Å².